The summed E-state index contributed by atoms with van der Waals surface area (Å²) < 4.78 is 13.5. The molecule has 1 aromatic rings. The molecule has 0 spiro atoms. The van der Waals surface area contributed by atoms with Crippen molar-refractivity contribution in [2.24, 2.45) is 0 Å². The largest absolute Gasteiger partial charge is 0.264 e. The van der Waals surface area contributed by atoms with E-state index in [2.05, 4.69) is 15.9 Å². The van der Waals surface area contributed by atoms with Crippen LogP contribution in [0.1, 0.15) is 5.56 Å². The quantitative estimate of drug-likeness (QED) is 0.582. The summed E-state index contributed by atoms with van der Waals surface area (Å²) >= 11 is 3.05. The van der Waals surface area contributed by atoms with Gasteiger partial charge in [0, 0.05) is 9.40 Å². The first-order valence-electron chi connectivity index (χ1n) is 3.15. The molecule has 64 valence electrons. The van der Waals surface area contributed by atoms with Crippen molar-refractivity contribution in [3.63, 3.8) is 0 Å². The lowest BCUT2D eigenvalue weighted by Crippen LogP contribution is -2.00. The lowest BCUT2D eigenvalue weighted by atomic mass is 10.2. The SMILES string of the molecule is O=[N+]([O-])Cc1ccc(Br)cc1F. The van der Waals surface area contributed by atoms with Crippen LogP contribution in [0.4, 0.5) is 4.39 Å². The predicted molar refractivity (Wildman–Crippen MR) is 44.8 cm³/mol. The molecule has 12 heavy (non-hydrogen) atoms. The van der Waals surface area contributed by atoms with Gasteiger partial charge in [-0.3, -0.25) is 10.1 Å². The Labute approximate surface area is 76.5 Å². The van der Waals surface area contributed by atoms with Crippen molar-refractivity contribution >= 4 is 15.9 Å². The first-order valence-corrected chi connectivity index (χ1v) is 3.94. The van der Waals surface area contributed by atoms with E-state index in [-0.39, 0.29) is 5.56 Å². The number of hydrogen-bond donors (Lipinski definition) is 0. The third kappa shape index (κ3) is 2.27. The maximum atomic E-state index is 12.9. The van der Waals surface area contributed by atoms with Gasteiger partial charge in [-0.05, 0) is 18.2 Å². The Morgan fingerprint density at radius 3 is 2.75 bits per heavy atom. The number of hydrogen-bond acceptors (Lipinski definition) is 2. The summed E-state index contributed by atoms with van der Waals surface area (Å²) in [6.07, 6.45) is 0. The standard InChI is InChI=1S/C7H5BrFNO2/c8-6-2-1-5(4-10(11)12)7(9)3-6/h1-3H,4H2. The molecule has 0 unspecified atom stereocenters. The van der Waals surface area contributed by atoms with Gasteiger partial charge in [-0.1, -0.05) is 15.9 Å². The second-order valence-electron chi connectivity index (χ2n) is 2.23. The van der Waals surface area contributed by atoms with Crippen LogP contribution in [-0.2, 0) is 6.54 Å². The van der Waals surface area contributed by atoms with Crippen LogP contribution in [0.15, 0.2) is 22.7 Å². The Morgan fingerprint density at radius 1 is 1.58 bits per heavy atom. The molecule has 0 aromatic heterocycles. The number of benzene rings is 1. The molecule has 0 heterocycles. The maximum Gasteiger partial charge on any atom is 0.231 e. The van der Waals surface area contributed by atoms with Crippen LogP contribution >= 0.6 is 15.9 Å². The van der Waals surface area contributed by atoms with Gasteiger partial charge < -0.3 is 0 Å². The minimum atomic E-state index is -0.563. The molecule has 0 bridgehead atoms. The third-order valence-corrected chi connectivity index (χ3v) is 1.81. The first kappa shape index (κ1) is 9.12. The molecule has 1 aromatic carbocycles. The van der Waals surface area contributed by atoms with E-state index in [1.54, 1.807) is 6.07 Å². The Balaban J connectivity index is 2.93. The molecule has 1 rings (SSSR count). The highest BCUT2D eigenvalue weighted by Gasteiger charge is 2.07. The molecule has 0 aliphatic heterocycles. The van der Waals surface area contributed by atoms with Crippen molar-refractivity contribution in [3.8, 4) is 0 Å². The maximum absolute atomic E-state index is 12.9. The number of rotatable bonds is 2. The molecule has 5 heteroatoms. The van der Waals surface area contributed by atoms with E-state index in [0.29, 0.717) is 4.47 Å². The molecule has 0 fully saturated rings. The van der Waals surface area contributed by atoms with Crippen molar-refractivity contribution in [1.29, 1.82) is 0 Å². The normalized spacial score (nSPS) is 9.83. The Bertz CT molecular complexity index is 316. The average Bonchev–Trinajstić information content (AvgIpc) is 1.94. The van der Waals surface area contributed by atoms with Crippen LogP contribution in [0, 0.1) is 15.9 Å². The molecule has 0 saturated heterocycles. The van der Waals surface area contributed by atoms with Crippen molar-refractivity contribution in [3.05, 3.63) is 44.2 Å². The molecule has 0 aliphatic rings. The molecule has 3 nitrogen and oxygen atoms in total. The first-order chi connectivity index (χ1) is 5.59. The molecule has 0 atom stereocenters. The van der Waals surface area contributed by atoms with Crippen molar-refractivity contribution < 1.29 is 9.31 Å². The third-order valence-electron chi connectivity index (χ3n) is 1.31. The van der Waals surface area contributed by atoms with Crippen LogP contribution in [0.5, 0.6) is 0 Å². The van der Waals surface area contributed by atoms with Crippen molar-refractivity contribution in [2.75, 3.05) is 0 Å². The number of nitrogens with zero attached hydrogens (tertiary/aromatic N) is 1. The van der Waals surface area contributed by atoms with E-state index >= 15 is 0 Å². The highest BCUT2D eigenvalue weighted by molar-refractivity contribution is 9.10. The summed E-state index contributed by atoms with van der Waals surface area (Å²) in [6, 6.07) is 4.17. The van der Waals surface area contributed by atoms with Gasteiger partial charge >= 0.3 is 0 Å². The van der Waals surface area contributed by atoms with Crippen LogP contribution in [0.2, 0.25) is 0 Å². The molecule has 0 aliphatic carbocycles. The summed E-state index contributed by atoms with van der Waals surface area (Å²) in [4.78, 5) is 9.47. The lowest BCUT2D eigenvalue weighted by Gasteiger charge is -1.97. The molecular weight excluding hydrogens is 229 g/mol. The van der Waals surface area contributed by atoms with E-state index in [4.69, 9.17) is 0 Å². The highest BCUT2D eigenvalue weighted by Crippen LogP contribution is 2.15. The summed E-state index contributed by atoms with van der Waals surface area (Å²) in [5.41, 5.74) is 0.100. The summed E-state index contributed by atoms with van der Waals surface area (Å²) in [6.45, 7) is -0.473. The average molecular weight is 234 g/mol. The molecule has 0 N–H and O–H groups in total. The lowest BCUT2D eigenvalue weighted by molar-refractivity contribution is -0.497. The topological polar surface area (TPSA) is 43.1 Å². The van der Waals surface area contributed by atoms with Gasteiger partial charge in [0.15, 0.2) is 0 Å². The van der Waals surface area contributed by atoms with Gasteiger partial charge in [-0.2, -0.15) is 0 Å². The summed E-state index contributed by atoms with van der Waals surface area (Å²) in [5, 5.41) is 10.0. The van der Waals surface area contributed by atoms with E-state index in [1.165, 1.54) is 12.1 Å². The fourth-order valence-electron chi connectivity index (χ4n) is 0.789. The fraction of sp³-hybridized carbons (Fsp3) is 0.143. The van der Waals surface area contributed by atoms with Gasteiger partial charge in [0.05, 0.1) is 5.56 Å². The Morgan fingerprint density at radius 2 is 2.25 bits per heavy atom. The minimum Gasteiger partial charge on any atom is -0.264 e. The smallest absolute Gasteiger partial charge is 0.231 e. The summed E-state index contributed by atoms with van der Waals surface area (Å²) in [7, 11) is 0. The second kappa shape index (κ2) is 3.62. The van der Waals surface area contributed by atoms with Gasteiger partial charge in [0.25, 0.3) is 0 Å². The number of halogens is 2. The molecular formula is C7H5BrFNO2. The van der Waals surface area contributed by atoms with E-state index in [0.717, 1.165) is 0 Å². The van der Waals surface area contributed by atoms with E-state index < -0.39 is 17.3 Å². The van der Waals surface area contributed by atoms with Crippen LogP contribution < -0.4 is 0 Å². The van der Waals surface area contributed by atoms with Crippen LogP contribution in [0.3, 0.4) is 0 Å². The van der Waals surface area contributed by atoms with Gasteiger partial charge in [-0.25, -0.2) is 4.39 Å². The fourth-order valence-corrected chi connectivity index (χ4v) is 1.12. The monoisotopic (exact) mass is 233 g/mol. The van der Waals surface area contributed by atoms with Crippen molar-refractivity contribution in [1.82, 2.24) is 0 Å². The van der Waals surface area contributed by atoms with Crippen molar-refractivity contribution in [2.45, 2.75) is 6.54 Å². The number of nitro groups is 1. The van der Waals surface area contributed by atoms with Crippen LogP contribution in [-0.4, -0.2) is 4.92 Å². The molecule has 0 amide bonds. The highest BCUT2D eigenvalue weighted by atomic mass is 79.9. The minimum absolute atomic E-state index is 0.100. The van der Waals surface area contributed by atoms with Gasteiger partial charge in [0.2, 0.25) is 6.54 Å². The predicted octanol–water partition coefficient (Wildman–Crippen LogP) is 2.36. The zero-order valence-electron chi connectivity index (χ0n) is 5.96. The molecule has 0 saturated carbocycles. The van der Waals surface area contributed by atoms with Gasteiger partial charge in [-0.15, -0.1) is 0 Å². The van der Waals surface area contributed by atoms with E-state index in [9.17, 15) is 14.5 Å². The zero-order valence-corrected chi connectivity index (χ0v) is 7.54. The zero-order chi connectivity index (χ0) is 9.14. The Kier molecular flexibility index (Phi) is 2.75. The summed E-state index contributed by atoms with van der Waals surface area (Å²) in [5.74, 6) is -0.555. The molecule has 0 radical (unpaired) electrons. The van der Waals surface area contributed by atoms with Gasteiger partial charge in [0.1, 0.15) is 5.82 Å². The Hall–Kier alpha value is -0.970. The van der Waals surface area contributed by atoms with Crippen LogP contribution in [0.25, 0.3) is 0 Å². The second-order valence-corrected chi connectivity index (χ2v) is 3.14. The van der Waals surface area contributed by atoms with E-state index in [1.807, 2.05) is 0 Å².